The summed E-state index contributed by atoms with van der Waals surface area (Å²) < 4.78 is 0. The van der Waals surface area contributed by atoms with Gasteiger partial charge in [0.2, 0.25) is 0 Å². The standard InChI is InChI=1S/C5H11NO3/c1-5(2,3-6-9)4(7)8/h6,9H,3H2,1-2H3,(H,7,8). The monoisotopic (exact) mass is 133 g/mol. The highest BCUT2D eigenvalue weighted by atomic mass is 16.5. The summed E-state index contributed by atoms with van der Waals surface area (Å²) in [6.07, 6.45) is 0. The minimum atomic E-state index is -0.927. The molecule has 0 amide bonds. The molecule has 0 saturated carbocycles. The predicted molar refractivity (Wildman–Crippen MR) is 31.2 cm³/mol. The van der Waals surface area contributed by atoms with Crippen LogP contribution in [0.1, 0.15) is 13.8 Å². The van der Waals surface area contributed by atoms with Gasteiger partial charge < -0.3 is 10.3 Å². The molecule has 0 aliphatic carbocycles. The summed E-state index contributed by atoms with van der Waals surface area (Å²) in [5.74, 6) is -0.927. The molecule has 0 bridgehead atoms. The highest BCUT2D eigenvalue weighted by Gasteiger charge is 2.25. The maximum absolute atomic E-state index is 10.3. The van der Waals surface area contributed by atoms with Gasteiger partial charge in [-0.25, -0.2) is 5.48 Å². The molecule has 9 heavy (non-hydrogen) atoms. The smallest absolute Gasteiger partial charge is 0.310 e. The minimum absolute atomic E-state index is 0.0579. The summed E-state index contributed by atoms with van der Waals surface area (Å²) in [4.78, 5) is 10.3. The van der Waals surface area contributed by atoms with Crippen molar-refractivity contribution in [3.05, 3.63) is 0 Å². The molecule has 0 saturated heterocycles. The van der Waals surface area contributed by atoms with Crippen molar-refractivity contribution >= 4 is 5.97 Å². The third-order valence-electron chi connectivity index (χ3n) is 1.10. The van der Waals surface area contributed by atoms with E-state index in [0.29, 0.717) is 0 Å². The first kappa shape index (κ1) is 8.39. The molecule has 4 heteroatoms. The Balaban J connectivity index is 3.85. The van der Waals surface area contributed by atoms with E-state index in [4.69, 9.17) is 10.3 Å². The molecule has 0 aliphatic rings. The first-order chi connectivity index (χ1) is 4.00. The second-order valence-electron chi connectivity index (χ2n) is 2.52. The van der Waals surface area contributed by atoms with Gasteiger partial charge in [0.15, 0.2) is 0 Å². The Morgan fingerprint density at radius 3 is 2.22 bits per heavy atom. The minimum Gasteiger partial charge on any atom is -0.481 e. The Kier molecular flexibility index (Phi) is 2.61. The van der Waals surface area contributed by atoms with E-state index in [1.807, 2.05) is 5.48 Å². The second-order valence-corrected chi connectivity index (χ2v) is 2.52. The van der Waals surface area contributed by atoms with Gasteiger partial charge in [-0.15, -0.1) is 0 Å². The molecule has 0 rings (SSSR count). The molecular formula is C5H11NO3. The van der Waals surface area contributed by atoms with E-state index in [9.17, 15) is 4.79 Å². The Morgan fingerprint density at radius 2 is 2.11 bits per heavy atom. The summed E-state index contributed by atoms with van der Waals surface area (Å²) in [7, 11) is 0. The Hall–Kier alpha value is -0.610. The van der Waals surface area contributed by atoms with E-state index in [1.54, 1.807) is 0 Å². The molecule has 0 heterocycles. The lowest BCUT2D eigenvalue weighted by atomic mass is 9.94. The van der Waals surface area contributed by atoms with Gasteiger partial charge in [-0.1, -0.05) is 0 Å². The highest BCUT2D eigenvalue weighted by Crippen LogP contribution is 2.12. The molecule has 0 radical (unpaired) electrons. The van der Waals surface area contributed by atoms with Crippen LogP contribution in [0.15, 0.2) is 0 Å². The van der Waals surface area contributed by atoms with Crippen molar-refractivity contribution in [2.24, 2.45) is 5.41 Å². The molecule has 0 unspecified atom stereocenters. The number of carboxylic acid groups (broad SMARTS) is 1. The van der Waals surface area contributed by atoms with E-state index in [0.717, 1.165) is 0 Å². The number of carboxylic acids is 1. The number of aliphatic carboxylic acids is 1. The van der Waals surface area contributed by atoms with Crippen LogP contribution in [-0.2, 0) is 4.79 Å². The number of hydrogen-bond acceptors (Lipinski definition) is 3. The molecule has 0 fully saturated rings. The van der Waals surface area contributed by atoms with Gasteiger partial charge in [0, 0.05) is 6.54 Å². The topological polar surface area (TPSA) is 69.6 Å². The fourth-order valence-electron chi connectivity index (χ4n) is 0.273. The van der Waals surface area contributed by atoms with Crippen LogP contribution in [0.4, 0.5) is 0 Å². The van der Waals surface area contributed by atoms with Crippen molar-refractivity contribution < 1.29 is 15.1 Å². The van der Waals surface area contributed by atoms with Gasteiger partial charge in [-0.05, 0) is 13.8 Å². The summed E-state index contributed by atoms with van der Waals surface area (Å²) in [6, 6.07) is 0. The first-order valence-corrected chi connectivity index (χ1v) is 2.61. The SMILES string of the molecule is CC(C)(CNO)C(=O)O. The Bertz CT molecular complexity index is 111. The van der Waals surface area contributed by atoms with Crippen LogP contribution in [0.2, 0.25) is 0 Å². The van der Waals surface area contributed by atoms with Gasteiger partial charge in [0.25, 0.3) is 0 Å². The van der Waals surface area contributed by atoms with Crippen molar-refractivity contribution in [2.45, 2.75) is 13.8 Å². The van der Waals surface area contributed by atoms with E-state index in [-0.39, 0.29) is 6.54 Å². The zero-order chi connectivity index (χ0) is 7.49. The molecule has 54 valence electrons. The van der Waals surface area contributed by atoms with Crippen LogP contribution in [0, 0.1) is 5.41 Å². The fraction of sp³-hybridized carbons (Fsp3) is 0.800. The lowest BCUT2D eigenvalue weighted by Crippen LogP contribution is -2.34. The second kappa shape index (κ2) is 2.80. The zero-order valence-electron chi connectivity index (χ0n) is 5.51. The third kappa shape index (κ3) is 2.43. The van der Waals surface area contributed by atoms with Crippen LogP contribution >= 0.6 is 0 Å². The highest BCUT2D eigenvalue weighted by molar-refractivity contribution is 5.73. The van der Waals surface area contributed by atoms with Crippen molar-refractivity contribution in [1.82, 2.24) is 5.48 Å². The van der Waals surface area contributed by atoms with Gasteiger partial charge in [0.1, 0.15) is 0 Å². The molecule has 0 aliphatic heterocycles. The lowest BCUT2D eigenvalue weighted by Gasteiger charge is -2.16. The predicted octanol–water partition coefficient (Wildman–Crippen LogP) is 0.0760. The van der Waals surface area contributed by atoms with Gasteiger partial charge >= 0.3 is 5.97 Å². The number of nitrogens with one attached hydrogen (secondary N) is 1. The normalized spacial score (nSPS) is 11.4. The molecule has 0 atom stereocenters. The van der Waals surface area contributed by atoms with Crippen molar-refractivity contribution in [2.75, 3.05) is 6.54 Å². The number of carbonyl (C=O) groups is 1. The maximum atomic E-state index is 10.3. The summed E-state index contributed by atoms with van der Waals surface area (Å²) in [5.41, 5.74) is 0.914. The largest absolute Gasteiger partial charge is 0.481 e. The number of hydrogen-bond donors (Lipinski definition) is 3. The van der Waals surface area contributed by atoms with E-state index in [2.05, 4.69) is 0 Å². The molecular weight excluding hydrogens is 122 g/mol. The summed E-state index contributed by atoms with van der Waals surface area (Å²) in [6.45, 7) is 3.11. The zero-order valence-corrected chi connectivity index (χ0v) is 5.51. The molecule has 4 nitrogen and oxygen atoms in total. The average molecular weight is 133 g/mol. The van der Waals surface area contributed by atoms with Gasteiger partial charge in [-0.2, -0.15) is 0 Å². The van der Waals surface area contributed by atoms with Crippen LogP contribution in [0.5, 0.6) is 0 Å². The molecule has 0 aromatic heterocycles. The third-order valence-corrected chi connectivity index (χ3v) is 1.10. The Morgan fingerprint density at radius 1 is 1.67 bits per heavy atom. The summed E-state index contributed by atoms with van der Waals surface area (Å²) >= 11 is 0. The van der Waals surface area contributed by atoms with E-state index >= 15 is 0 Å². The van der Waals surface area contributed by atoms with E-state index < -0.39 is 11.4 Å². The van der Waals surface area contributed by atoms with Crippen molar-refractivity contribution in [3.8, 4) is 0 Å². The summed E-state index contributed by atoms with van der Waals surface area (Å²) in [5, 5.41) is 16.6. The van der Waals surface area contributed by atoms with Crippen LogP contribution < -0.4 is 5.48 Å². The van der Waals surface area contributed by atoms with Crippen molar-refractivity contribution in [3.63, 3.8) is 0 Å². The molecule has 0 spiro atoms. The Labute approximate surface area is 53.5 Å². The van der Waals surface area contributed by atoms with Crippen LogP contribution in [0.3, 0.4) is 0 Å². The molecule has 0 aromatic carbocycles. The van der Waals surface area contributed by atoms with Crippen LogP contribution in [0.25, 0.3) is 0 Å². The first-order valence-electron chi connectivity index (χ1n) is 2.61. The maximum Gasteiger partial charge on any atom is 0.310 e. The van der Waals surface area contributed by atoms with E-state index in [1.165, 1.54) is 13.8 Å². The lowest BCUT2D eigenvalue weighted by molar-refractivity contribution is -0.147. The molecule has 3 N–H and O–H groups in total. The quantitative estimate of drug-likeness (QED) is 0.477. The number of hydroxylamine groups is 1. The fourth-order valence-corrected chi connectivity index (χ4v) is 0.273. The molecule has 0 aromatic rings. The average Bonchev–Trinajstić information content (AvgIpc) is 1.65. The van der Waals surface area contributed by atoms with Gasteiger partial charge in [0.05, 0.1) is 5.41 Å². The van der Waals surface area contributed by atoms with Crippen molar-refractivity contribution in [1.29, 1.82) is 0 Å². The van der Waals surface area contributed by atoms with Gasteiger partial charge in [-0.3, -0.25) is 4.79 Å². The van der Waals surface area contributed by atoms with Crippen LogP contribution in [-0.4, -0.2) is 22.8 Å². The number of rotatable bonds is 3.